The monoisotopic (exact) mass is 298 g/mol. The summed E-state index contributed by atoms with van der Waals surface area (Å²) in [5.74, 6) is -0.458. The van der Waals surface area contributed by atoms with E-state index in [-0.39, 0.29) is 5.56 Å². The summed E-state index contributed by atoms with van der Waals surface area (Å²) in [4.78, 5) is 12.0. The third-order valence-electron chi connectivity index (χ3n) is 2.38. The van der Waals surface area contributed by atoms with Crippen molar-refractivity contribution in [3.8, 4) is 0 Å². The van der Waals surface area contributed by atoms with Gasteiger partial charge in [0, 0.05) is 5.56 Å². The number of hydrogen-bond acceptors (Lipinski definition) is 3. The number of amides is 1. The maximum absolute atomic E-state index is 12.7. The Hall–Kier alpha value is -2.15. The first-order chi connectivity index (χ1) is 9.48. The Morgan fingerprint density at radius 2 is 1.95 bits per heavy atom. The first kappa shape index (κ1) is 14.3. The summed E-state index contributed by atoms with van der Waals surface area (Å²) >= 11 is 1.22. The number of halogens is 3. The number of thiophene rings is 1. The molecule has 3 nitrogen and oxygen atoms in total. The summed E-state index contributed by atoms with van der Waals surface area (Å²) in [6, 6.07) is 8.30. The van der Waals surface area contributed by atoms with Gasteiger partial charge in [0.15, 0.2) is 0 Å². The molecule has 0 atom stereocenters. The van der Waals surface area contributed by atoms with Gasteiger partial charge in [-0.15, -0.1) is 11.3 Å². The average Bonchev–Trinajstić information content (AvgIpc) is 2.92. The SMILES string of the molecule is O=C(N/N=C/c1ccccc1C(F)(F)F)c1cccs1. The topological polar surface area (TPSA) is 41.5 Å². The number of nitrogens with one attached hydrogen (secondary N) is 1. The first-order valence-corrected chi connectivity index (χ1v) is 6.39. The minimum Gasteiger partial charge on any atom is -0.266 e. The molecule has 1 aromatic carbocycles. The molecule has 0 radical (unpaired) electrons. The van der Waals surface area contributed by atoms with Gasteiger partial charge in [0.05, 0.1) is 16.7 Å². The average molecular weight is 298 g/mol. The van der Waals surface area contributed by atoms with Crippen LogP contribution in [0.3, 0.4) is 0 Å². The van der Waals surface area contributed by atoms with E-state index in [4.69, 9.17) is 0 Å². The highest BCUT2D eigenvalue weighted by Crippen LogP contribution is 2.30. The molecule has 0 bridgehead atoms. The van der Waals surface area contributed by atoms with Crippen molar-refractivity contribution in [3.05, 3.63) is 57.8 Å². The molecule has 0 fully saturated rings. The van der Waals surface area contributed by atoms with Crippen LogP contribution in [0.25, 0.3) is 0 Å². The highest BCUT2D eigenvalue weighted by molar-refractivity contribution is 7.12. The lowest BCUT2D eigenvalue weighted by Gasteiger charge is -2.09. The van der Waals surface area contributed by atoms with Crippen molar-refractivity contribution < 1.29 is 18.0 Å². The molecule has 0 unspecified atom stereocenters. The number of carbonyl (C=O) groups is 1. The fourth-order valence-electron chi connectivity index (χ4n) is 1.49. The molecule has 2 aromatic rings. The van der Waals surface area contributed by atoms with E-state index in [0.29, 0.717) is 4.88 Å². The molecule has 0 aliphatic carbocycles. The number of nitrogens with zero attached hydrogens (tertiary/aromatic N) is 1. The number of hydrazone groups is 1. The van der Waals surface area contributed by atoms with Crippen molar-refractivity contribution in [1.29, 1.82) is 0 Å². The summed E-state index contributed by atoms with van der Waals surface area (Å²) < 4.78 is 38.1. The number of carbonyl (C=O) groups excluding carboxylic acids is 1. The molecule has 1 amide bonds. The zero-order chi connectivity index (χ0) is 14.6. The molecule has 0 aliphatic rings. The summed E-state index contributed by atoms with van der Waals surface area (Å²) in [6.07, 6.45) is -3.48. The Kier molecular flexibility index (Phi) is 4.19. The first-order valence-electron chi connectivity index (χ1n) is 5.51. The number of benzene rings is 1. The normalized spacial score (nSPS) is 11.8. The van der Waals surface area contributed by atoms with E-state index in [1.54, 1.807) is 17.5 Å². The largest absolute Gasteiger partial charge is 0.417 e. The van der Waals surface area contributed by atoms with Gasteiger partial charge in [0.2, 0.25) is 0 Å². The predicted molar refractivity (Wildman–Crippen MR) is 70.8 cm³/mol. The van der Waals surface area contributed by atoms with Crippen molar-refractivity contribution in [2.45, 2.75) is 6.18 Å². The van der Waals surface area contributed by atoms with E-state index in [0.717, 1.165) is 12.3 Å². The standard InChI is InChI=1S/C13H9F3N2OS/c14-13(15,16)10-5-2-1-4-9(10)8-17-18-12(19)11-6-3-7-20-11/h1-8H,(H,18,19)/b17-8+. The third-order valence-corrected chi connectivity index (χ3v) is 3.25. The van der Waals surface area contributed by atoms with Crippen LogP contribution in [0, 0.1) is 0 Å². The van der Waals surface area contributed by atoms with Crippen LogP contribution in [0.2, 0.25) is 0 Å². The van der Waals surface area contributed by atoms with Crippen LogP contribution in [0.4, 0.5) is 13.2 Å². The zero-order valence-corrected chi connectivity index (χ0v) is 10.8. The molecular formula is C13H9F3N2OS. The maximum atomic E-state index is 12.7. The van der Waals surface area contributed by atoms with Gasteiger partial charge < -0.3 is 0 Å². The lowest BCUT2D eigenvalue weighted by molar-refractivity contribution is -0.137. The molecule has 1 heterocycles. The highest BCUT2D eigenvalue weighted by atomic mass is 32.1. The lowest BCUT2D eigenvalue weighted by atomic mass is 10.1. The van der Waals surface area contributed by atoms with Crippen LogP contribution < -0.4 is 5.43 Å². The van der Waals surface area contributed by atoms with E-state index in [1.165, 1.54) is 29.5 Å². The molecular weight excluding hydrogens is 289 g/mol. The minimum absolute atomic E-state index is 0.105. The van der Waals surface area contributed by atoms with Crippen LogP contribution in [0.5, 0.6) is 0 Å². The van der Waals surface area contributed by atoms with Gasteiger partial charge in [-0.1, -0.05) is 24.3 Å². The summed E-state index contributed by atoms with van der Waals surface area (Å²) in [5.41, 5.74) is 1.28. The lowest BCUT2D eigenvalue weighted by Crippen LogP contribution is -2.16. The number of alkyl halides is 3. The van der Waals surface area contributed by atoms with Crippen LogP contribution in [-0.4, -0.2) is 12.1 Å². The van der Waals surface area contributed by atoms with Crippen LogP contribution in [-0.2, 0) is 6.18 Å². The van der Waals surface area contributed by atoms with E-state index in [9.17, 15) is 18.0 Å². The smallest absolute Gasteiger partial charge is 0.266 e. The molecule has 0 saturated carbocycles. The Morgan fingerprint density at radius 3 is 2.60 bits per heavy atom. The van der Waals surface area contributed by atoms with Gasteiger partial charge in [-0.05, 0) is 17.5 Å². The molecule has 1 aromatic heterocycles. The Morgan fingerprint density at radius 1 is 1.20 bits per heavy atom. The van der Waals surface area contributed by atoms with E-state index < -0.39 is 17.6 Å². The van der Waals surface area contributed by atoms with Crippen LogP contribution in [0.1, 0.15) is 20.8 Å². The second-order valence-corrected chi connectivity index (χ2v) is 4.71. The molecule has 0 aliphatic heterocycles. The predicted octanol–water partition coefficient (Wildman–Crippen LogP) is 3.53. The van der Waals surface area contributed by atoms with Crippen LogP contribution in [0.15, 0.2) is 46.9 Å². The van der Waals surface area contributed by atoms with E-state index >= 15 is 0 Å². The van der Waals surface area contributed by atoms with Crippen molar-refractivity contribution in [2.24, 2.45) is 5.10 Å². The van der Waals surface area contributed by atoms with E-state index in [2.05, 4.69) is 10.5 Å². The van der Waals surface area contributed by atoms with Crippen molar-refractivity contribution in [3.63, 3.8) is 0 Å². The van der Waals surface area contributed by atoms with Crippen molar-refractivity contribution in [2.75, 3.05) is 0 Å². The maximum Gasteiger partial charge on any atom is 0.417 e. The number of rotatable bonds is 3. The van der Waals surface area contributed by atoms with Crippen molar-refractivity contribution in [1.82, 2.24) is 5.43 Å². The molecule has 2 rings (SSSR count). The van der Waals surface area contributed by atoms with Gasteiger partial charge >= 0.3 is 6.18 Å². The van der Waals surface area contributed by atoms with Gasteiger partial charge in [-0.2, -0.15) is 18.3 Å². The Bertz CT molecular complexity index is 621. The summed E-state index contributed by atoms with van der Waals surface area (Å²) in [7, 11) is 0. The molecule has 0 spiro atoms. The minimum atomic E-state index is -4.46. The molecule has 20 heavy (non-hydrogen) atoms. The molecule has 7 heteroatoms. The van der Waals surface area contributed by atoms with Gasteiger partial charge in [0.1, 0.15) is 0 Å². The summed E-state index contributed by atoms with van der Waals surface area (Å²) in [5, 5.41) is 5.27. The number of hydrogen-bond donors (Lipinski definition) is 1. The highest BCUT2D eigenvalue weighted by Gasteiger charge is 2.32. The fourth-order valence-corrected chi connectivity index (χ4v) is 2.10. The Balaban J connectivity index is 2.11. The van der Waals surface area contributed by atoms with Crippen LogP contribution >= 0.6 is 11.3 Å². The van der Waals surface area contributed by atoms with Crippen molar-refractivity contribution >= 4 is 23.5 Å². The third kappa shape index (κ3) is 3.45. The quantitative estimate of drug-likeness (QED) is 0.683. The van der Waals surface area contributed by atoms with Gasteiger partial charge in [0.25, 0.3) is 5.91 Å². The molecule has 1 N–H and O–H groups in total. The van der Waals surface area contributed by atoms with E-state index in [1.807, 2.05) is 0 Å². The second-order valence-electron chi connectivity index (χ2n) is 3.76. The fraction of sp³-hybridized carbons (Fsp3) is 0.0769. The summed E-state index contributed by atoms with van der Waals surface area (Å²) in [6.45, 7) is 0. The molecule has 104 valence electrons. The zero-order valence-electron chi connectivity index (χ0n) is 10.0. The van der Waals surface area contributed by atoms with Gasteiger partial charge in [-0.25, -0.2) is 5.43 Å². The van der Waals surface area contributed by atoms with Gasteiger partial charge in [-0.3, -0.25) is 4.79 Å². The second kappa shape index (κ2) is 5.87. The Labute approximate surface area is 116 Å². The molecule has 0 saturated heterocycles.